The molecule has 2 unspecified atom stereocenters. The number of piperidine rings is 1. The molecule has 114 valence electrons. The van der Waals surface area contributed by atoms with Crippen molar-refractivity contribution in [2.45, 2.75) is 44.6 Å². The van der Waals surface area contributed by atoms with Gasteiger partial charge in [0.25, 0.3) is 5.91 Å². The molecule has 2 fully saturated rings. The Bertz CT molecular complexity index is 560. The smallest absolute Gasteiger partial charge is 0.256 e. The highest BCUT2D eigenvalue weighted by Gasteiger charge is 2.43. The largest absolute Gasteiger partial charge is 0.389 e. The van der Waals surface area contributed by atoms with E-state index >= 15 is 0 Å². The van der Waals surface area contributed by atoms with Gasteiger partial charge in [-0.25, -0.2) is 4.39 Å². The van der Waals surface area contributed by atoms with Crippen LogP contribution in [0.4, 0.5) is 4.39 Å². The normalized spacial score (nSPS) is 29.1. The second-order valence-electron chi connectivity index (χ2n) is 6.53. The monoisotopic (exact) mass is 291 g/mol. The van der Waals surface area contributed by atoms with Gasteiger partial charge in [0.05, 0.1) is 11.2 Å². The topological polar surface area (TPSA) is 40.5 Å². The predicted octanol–water partition coefficient (Wildman–Crippen LogP) is 2.90. The highest BCUT2D eigenvalue weighted by Crippen LogP contribution is 2.40. The first-order valence-corrected chi connectivity index (χ1v) is 7.77. The van der Waals surface area contributed by atoms with Crippen LogP contribution in [0.5, 0.6) is 0 Å². The fourth-order valence-corrected chi connectivity index (χ4v) is 3.73. The van der Waals surface area contributed by atoms with E-state index in [2.05, 4.69) is 0 Å². The van der Waals surface area contributed by atoms with Gasteiger partial charge in [-0.15, -0.1) is 0 Å². The number of carbonyl (C=O) groups is 1. The van der Waals surface area contributed by atoms with Crippen LogP contribution in [-0.2, 0) is 0 Å². The number of aryl methyl sites for hydroxylation is 1. The first kappa shape index (κ1) is 14.5. The van der Waals surface area contributed by atoms with E-state index in [1.54, 1.807) is 17.0 Å². The molecule has 1 N–H and O–H groups in total. The average molecular weight is 291 g/mol. The van der Waals surface area contributed by atoms with Crippen LogP contribution < -0.4 is 0 Å². The summed E-state index contributed by atoms with van der Waals surface area (Å²) in [5.74, 6) is -0.573. The maximum atomic E-state index is 13.9. The summed E-state index contributed by atoms with van der Waals surface area (Å²) >= 11 is 0. The van der Waals surface area contributed by atoms with E-state index in [1.807, 2.05) is 6.92 Å². The number of nitrogens with zero attached hydrogens (tertiary/aromatic N) is 1. The van der Waals surface area contributed by atoms with Crippen molar-refractivity contribution in [3.05, 3.63) is 35.1 Å². The van der Waals surface area contributed by atoms with Crippen LogP contribution in [0.2, 0.25) is 0 Å². The molecule has 2 atom stereocenters. The molecule has 1 aromatic carbocycles. The van der Waals surface area contributed by atoms with Crippen molar-refractivity contribution >= 4 is 5.91 Å². The fraction of sp³-hybridized carbons (Fsp3) is 0.588. The van der Waals surface area contributed by atoms with Crippen LogP contribution in [0.3, 0.4) is 0 Å². The van der Waals surface area contributed by atoms with Crippen LogP contribution >= 0.6 is 0 Å². The molecule has 4 heteroatoms. The van der Waals surface area contributed by atoms with Crippen LogP contribution in [0.25, 0.3) is 0 Å². The highest BCUT2D eigenvalue weighted by atomic mass is 19.1. The first-order chi connectivity index (χ1) is 9.99. The molecule has 0 radical (unpaired) electrons. The van der Waals surface area contributed by atoms with Crippen molar-refractivity contribution in [1.82, 2.24) is 4.90 Å². The van der Waals surface area contributed by atoms with Gasteiger partial charge < -0.3 is 10.0 Å². The second kappa shape index (κ2) is 5.41. The van der Waals surface area contributed by atoms with Crippen molar-refractivity contribution in [1.29, 1.82) is 0 Å². The SMILES string of the molecule is Cc1ccc(F)c(C(=O)N2CCC3(O)CCCCC3C2)c1. The lowest BCUT2D eigenvalue weighted by molar-refractivity contribution is -0.0886. The second-order valence-corrected chi connectivity index (χ2v) is 6.53. The lowest BCUT2D eigenvalue weighted by Gasteiger charge is -2.47. The molecular weight excluding hydrogens is 269 g/mol. The van der Waals surface area contributed by atoms with Gasteiger partial charge in [-0.1, -0.05) is 24.5 Å². The van der Waals surface area contributed by atoms with Gasteiger partial charge in [-0.3, -0.25) is 4.79 Å². The van der Waals surface area contributed by atoms with E-state index in [9.17, 15) is 14.3 Å². The first-order valence-electron chi connectivity index (χ1n) is 7.77. The van der Waals surface area contributed by atoms with Crippen LogP contribution in [-0.4, -0.2) is 34.6 Å². The number of benzene rings is 1. The molecule has 0 aromatic heterocycles. The summed E-state index contributed by atoms with van der Waals surface area (Å²) in [6.07, 6.45) is 4.56. The number of amides is 1. The summed E-state index contributed by atoms with van der Waals surface area (Å²) < 4.78 is 13.9. The molecule has 1 saturated heterocycles. The van der Waals surface area contributed by atoms with Gasteiger partial charge in [0, 0.05) is 19.0 Å². The Kier molecular flexibility index (Phi) is 3.74. The van der Waals surface area contributed by atoms with E-state index in [-0.39, 0.29) is 17.4 Å². The standard InChI is InChI=1S/C17H22FNO2/c1-12-5-6-15(18)14(10-12)16(20)19-9-8-17(21)7-3-2-4-13(17)11-19/h5-6,10,13,21H,2-4,7-9,11H2,1H3. The van der Waals surface area contributed by atoms with Gasteiger partial charge in [0.1, 0.15) is 5.82 Å². The summed E-state index contributed by atoms with van der Waals surface area (Å²) in [6, 6.07) is 4.63. The van der Waals surface area contributed by atoms with Crippen LogP contribution in [0, 0.1) is 18.7 Å². The Morgan fingerprint density at radius 1 is 1.38 bits per heavy atom. The highest BCUT2D eigenvalue weighted by molar-refractivity contribution is 5.94. The third-order valence-corrected chi connectivity index (χ3v) is 5.07. The van der Waals surface area contributed by atoms with Gasteiger partial charge in [0.15, 0.2) is 0 Å². The van der Waals surface area contributed by atoms with E-state index in [1.165, 1.54) is 6.07 Å². The molecule has 0 bridgehead atoms. The number of likely N-dealkylation sites (tertiary alicyclic amines) is 1. The van der Waals surface area contributed by atoms with Gasteiger partial charge in [-0.2, -0.15) is 0 Å². The van der Waals surface area contributed by atoms with Gasteiger partial charge >= 0.3 is 0 Å². The Labute approximate surface area is 124 Å². The van der Waals surface area contributed by atoms with Crippen molar-refractivity contribution in [3.8, 4) is 0 Å². The van der Waals surface area contributed by atoms with E-state index in [0.717, 1.165) is 31.2 Å². The zero-order valence-corrected chi connectivity index (χ0v) is 12.4. The Morgan fingerprint density at radius 3 is 3.00 bits per heavy atom. The molecule has 1 heterocycles. The fourth-order valence-electron chi connectivity index (χ4n) is 3.73. The Hall–Kier alpha value is -1.42. The predicted molar refractivity (Wildman–Crippen MR) is 78.6 cm³/mol. The lowest BCUT2D eigenvalue weighted by atomic mass is 9.71. The molecular formula is C17H22FNO2. The van der Waals surface area contributed by atoms with E-state index in [4.69, 9.17) is 0 Å². The third-order valence-electron chi connectivity index (χ3n) is 5.07. The van der Waals surface area contributed by atoms with Crippen LogP contribution in [0.1, 0.15) is 48.0 Å². The molecule has 21 heavy (non-hydrogen) atoms. The summed E-state index contributed by atoms with van der Waals surface area (Å²) in [6.45, 7) is 2.91. The molecule has 2 aliphatic rings. The maximum Gasteiger partial charge on any atom is 0.256 e. The number of fused-ring (bicyclic) bond motifs is 1. The van der Waals surface area contributed by atoms with Crippen molar-refractivity contribution in [2.75, 3.05) is 13.1 Å². The van der Waals surface area contributed by atoms with Gasteiger partial charge in [0.2, 0.25) is 0 Å². The number of rotatable bonds is 1. The van der Waals surface area contributed by atoms with Crippen molar-refractivity contribution in [3.63, 3.8) is 0 Å². The zero-order chi connectivity index (χ0) is 15.0. The average Bonchev–Trinajstić information content (AvgIpc) is 2.48. The maximum absolute atomic E-state index is 13.9. The summed E-state index contributed by atoms with van der Waals surface area (Å²) in [5, 5.41) is 10.6. The number of halogens is 1. The quantitative estimate of drug-likeness (QED) is 0.864. The van der Waals surface area contributed by atoms with E-state index in [0.29, 0.717) is 19.5 Å². The number of aliphatic hydroxyl groups is 1. The molecule has 1 amide bonds. The molecule has 1 saturated carbocycles. The van der Waals surface area contributed by atoms with E-state index < -0.39 is 11.4 Å². The summed E-state index contributed by atoms with van der Waals surface area (Å²) in [5.41, 5.74) is 0.419. The van der Waals surface area contributed by atoms with Crippen LogP contribution in [0.15, 0.2) is 18.2 Å². The minimum absolute atomic E-state index is 0.136. The van der Waals surface area contributed by atoms with Crippen molar-refractivity contribution < 1.29 is 14.3 Å². The molecule has 1 aromatic rings. The molecule has 3 rings (SSSR count). The third kappa shape index (κ3) is 2.69. The lowest BCUT2D eigenvalue weighted by Crippen LogP contribution is -2.54. The zero-order valence-electron chi connectivity index (χ0n) is 12.4. The molecule has 3 nitrogen and oxygen atoms in total. The Morgan fingerprint density at radius 2 is 2.19 bits per heavy atom. The Balaban J connectivity index is 1.79. The molecule has 1 aliphatic heterocycles. The summed E-state index contributed by atoms with van der Waals surface area (Å²) in [4.78, 5) is 14.3. The number of hydrogen-bond donors (Lipinski definition) is 1. The summed E-state index contributed by atoms with van der Waals surface area (Å²) in [7, 11) is 0. The number of hydrogen-bond acceptors (Lipinski definition) is 2. The van der Waals surface area contributed by atoms with Gasteiger partial charge in [-0.05, 0) is 38.3 Å². The number of carbonyl (C=O) groups excluding carboxylic acids is 1. The van der Waals surface area contributed by atoms with Crippen molar-refractivity contribution in [2.24, 2.45) is 5.92 Å². The molecule has 0 spiro atoms. The molecule has 1 aliphatic carbocycles. The minimum Gasteiger partial charge on any atom is -0.389 e. The minimum atomic E-state index is -0.611.